The van der Waals surface area contributed by atoms with E-state index in [-0.39, 0.29) is 0 Å². The number of rotatable bonds is 4. The monoisotopic (exact) mass is 325 g/mol. The standard InChI is InChI=1S/C13H13BrClN3/c1-18(9-10-3-2-4-12(14)5-10)13-16-7-11(6-15)8-17-13/h2-5,7-8H,6,9H2,1H3. The van der Waals surface area contributed by atoms with Crippen molar-refractivity contribution in [1.82, 2.24) is 9.97 Å². The predicted octanol–water partition coefficient (Wildman–Crippen LogP) is 3.61. The van der Waals surface area contributed by atoms with E-state index in [1.165, 1.54) is 5.56 Å². The highest BCUT2D eigenvalue weighted by Gasteiger charge is 2.05. The SMILES string of the molecule is CN(Cc1cccc(Br)c1)c1ncc(CCl)cn1. The first-order chi connectivity index (χ1) is 8.69. The molecule has 0 bridgehead atoms. The minimum absolute atomic E-state index is 0.440. The van der Waals surface area contributed by atoms with Gasteiger partial charge in [-0.2, -0.15) is 0 Å². The summed E-state index contributed by atoms with van der Waals surface area (Å²) < 4.78 is 1.08. The van der Waals surface area contributed by atoms with Crippen LogP contribution in [0.1, 0.15) is 11.1 Å². The second kappa shape index (κ2) is 6.16. The minimum Gasteiger partial charge on any atom is -0.340 e. The average molecular weight is 327 g/mol. The number of aromatic nitrogens is 2. The van der Waals surface area contributed by atoms with Gasteiger partial charge in [-0.1, -0.05) is 28.1 Å². The zero-order chi connectivity index (χ0) is 13.0. The second-order valence-corrected chi connectivity index (χ2v) is 5.19. The van der Waals surface area contributed by atoms with Crippen molar-refractivity contribution in [3.63, 3.8) is 0 Å². The summed E-state index contributed by atoms with van der Waals surface area (Å²) in [5.74, 6) is 1.14. The van der Waals surface area contributed by atoms with E-state index in [1.54, 1.807) is 12.4 Å². The van der Waals surface area contributed by atoms with Crippen LogP contribution in [0.5, 0.6) is 0 Å². The molecule has 1 heterocycles. The van der Waals surface area contributed by atoms with E-state index in [1.807, 2.05) is 24.1 Å². The van der Waals surface area contributed by atoms with Crippen LogP contribution in [0.4, 0.5) is 5.95 Å². The molecular weight excluding hydrogens is 314 g/mol. The Balaban J connectivity index is 2.09. The first-order valence-electron chi connectivity index (χ1n) is 5.51. The molecule has 0 radical (unpaired) electrons. The highest BCUT2D eigenvalue weighted by atomic mass is 79.9. The number of halogens is 2. The molecule has 2 rings (SSSR count). The molecule has 1 aromatic heterocycles. The Morgan fingerprint density at radius 3 is 2.56 bits per heavy atom. The molecule has 0 amide bonds. The highest BCUT2D eigenvalue weighted by Crippen LogP contribution is 2.15. The van der Waals surface area contributed by atoms with Gasteiger partial charge >= 0.3 is 0 Å². The Morgan fingerprint density at radius 2 is 1.94 bits per heavy atom. The Bertz CT molecular complexity index is 516. The third kappa shape index (κ3) is 3.43. The van der Waals surface area contributed by atoms with Crippen molar-refractivity contribution in [2.75, 3.05) is 11.9 Å². The molecule has 0 N–H and O–H groups in total. The maximum absolute atomic E-state index is 5.71. The molecule has 0 unspecified atom stereocenters. The van der Waals surface area contributed by atoms with Crippen molar-refractivity contribution in [1.29, 1.82) is 0 Å². The van der Waals surface area contributed by atoms with Crippen molar-refractivity contribution >= 4 is 33.5 Å². The summed E-state index contributed by atoms with van der Waals surface area (Å²) >= 11 is 9.17. The molecule has 0 aliphatic carbocycles. The third-order valence-electron chi connectivity index (χ3n) is 2.50. The van der Waals surface area contributed by atoms with Crippen molar-refractivity contribution < 1.29 is 0 Å². The molecule has 0 atom stereocenters. The molecular formula is C13H13BrClN3. The highest BCUT2D eigenvalue weighted by molar-refractivity contribution is 9.10. The normalized spacial score (nSPS) is 10.4. The van der Waals surface area contributed by atoms with Crippen LogP contribution >= 0.6 is 27.5 Å². The number of hydrogen-bond acceptors (Lipinski definition) is 3. The van der Waals surface area contributed by atoms with Crippen LogP contribution in [0.3, 0.4) is 0 Å². The summed E-state index contributed by atoms with van der Waals surface area (Å²) in [6.07, 6.45) is 3.51. The lowest BCUT2D eigenvalue weighted by atomic mass is 10.2. The van der Waals surface area contributed by atoms with Crippen LogP contribution in [0.2, 0.25) is 0 Å². The first-order valence-corrected chi connectivity index (χ1v) is 6.84. The quantitative estimate of drug-likeness (QED) is 0.804. The summed E-state index contributed by atoms with van der Waals surface area (Å²) in [6, 6.07) is 8.19. The molecule has 18 heavy (non-hydrogen) atoms. The Hall–Kier alpha value is -1.13. The van der Waals surface area contributed by atoms with Gasteiger partial charge in [0.1, 0.15) is 0 Å². The van der Waals surface area contributed by atoms with Gasteiger partial charge in [0.25, 0.3) is 0 Å². The Labute approximate surface area is 120 Å². The van der Waals surface area contributed by atoms with Crippen LogP contribution in [0.25, 0.3) is 0 Å². The van der Waals surface area contributed by atoms with Crippen molar-refractivity contribution in [3.05, 3.63) is 52.3 Å². The molecule has 3 nitrogen and oxygen atoms in total. The fraction of sp³-hybridized carbons (Fsp3) is 0.231. The molecule has 0 spiro atoms. The van der Waals surface area contributed by atoms with Crippen molar-refractivity contribution in [2.24, 2.45) is 0 Å². The molecule has 0 saturated carbocycles. The van der Waals surface area contributed by atoms with E-state index in [0.29, 0.717) is 11.8 Å². The van der Waals surface area contributed by atoms with E-state index < -0.39 is 0 Å². The summed E-state index contributed by atoms with van der Waals surface area (Å²) in [5.41, 5.74) is 2.13. The van der Waals surface area contributed by atoms with Crippen LogP contribution in [0.15, 0.2) is 41.1 Å². The summed E-state index contributed by atoms with van der Waals surface area (Å²) in [4.78, 5) is 10.6. The topological polar surface area (TPSA) is 29.0 Å². The van der Waals surface area contributed by atoms with Crippen molar-refractivity contribution in [3.8, 4) is 0 Å². The first kappa shape index (κ1) is 13.3. The van der Waals surface area contributed by atoms with E-state index >= 15 is 0 Å². The third-order valence-corrected chi connectivity index (χ3v) is 3.30. The fourth-order valence-electron chi connectivity index (χ4n) is 1.59. The van der Waals surface area contributed by atoms with Gasteiger partial charge in [-0.3, -0.25) is 0 Å². The number of nitrogens with zero attached hydrogens (tertiary/aromatic N) is 3. The van der Waals surface area contributed by atoms with Gasteiger partial charge in [-0.05, 0) is 17.7 Å². The summed E-state index contributed by atoms with van der Waals surface area (Å²) in [5, 5.41) is 0. The van der Waals surface area contributed by atoms with Crippen molar-refractivity contribution in [2.45, 2.75) is 12.4 Å². The molecule has 94 valence electrons. The number of alkyl halides is 1. The van der Waals surface area contributed by atoms with Crippen LogP contribution in [-0.2, 0) is 12.4 Å². The minimum atomic E-state index is 0.440. The smallest absolute Gasteiger partial charge is 0.225 e. The van der Waals surface area contributed by atoms with Gasteiger partial charge in [0.05, 0.1) is 5.88 Å². The average Bonchev–Trinajstić information content (AvgIpc) is 2.39. The Kier molecular flexibility index (Phi) is 4.55. The molecule has 5 heteroatoms. The zero-order valence-corrected chi connectivity index (χ0v) is 12.3. The molecule has 0 saturated heterocycles. The Morgan fingerprint density at radius 1 is 1.22 bits per heavy atom. The zero-order valence-electron chi connectivity index (χ0n) is 9.98. The van der Waals surface area contributed by atoms with Crippen LogP contribution in [0, 0.1) is 0 Å². The van der Waals surface area contributed by atoms with Gasteiger partial charge < -0.3 is 4.90 Å². The lowest BCUT2D eigenvalue weighted by Crippen LogP contribution is -2.19. The van der Waals surface area contributed by atoms with Gasteiger partial charge in [0, 0.05) is 36.0 Å². The molecule has 0 fully saturated rings. The van der Waals surface area contributed by atoms with E-state index in [9.17, 15) is 0 Å². The van der Waals surface area contributed by atoms with Crippen LogP contribution in [-0.4, -0.2) is 17.0 Å². The van der Waals surface area contributed by atoms with Gasteiger partial charge in [0.2, 0.25) is 5.95 Å². The fourth-order valence-corrected chi connectivity index (χ4v) is 2.18. The predicted molar refractivity (Wildman–Crippen MR) is 77.8 cm³/mol. The molecule has 2 aromatic rings. The summed E-state index contributed by atoms with van der Waals surface area (Å²) in [7, 11) is 1.97. The number of hydrogen-bond donors (Lipinski definition) is 0. The maximum atomic E-state index is 5.71. The number of benzene rings is 1. The number of anilines is 1. The lowest BCUT2D eigenvalue weighted by molar-refractivity contribution is 0.862. The lowest BCUT2D eigenvalue weighted by Gasteiger charge is -2.17. The maximum Gasteiger partial charge on any atom is 0.225 e. The van der Waals surface area contributed by atoms with E-state index in [2.05, 4.69) is 38.0 Å². The van der Waals surface area contributed by atoms with Gasteiger partial charge in [-0.15, -0.1) is 11.6 Å². The van der Waals surface area contributed by atoms with E-state index in [4.69, 9.17) is 11.6 Å². The largest absolute Gasteiger partial charge is 0.340 e. The van der Waals surface area contributed by atoms with Gasteiger partial charge in [-0.25, -0.2) is 9.97 Å². The summed E-state index contributed by atoms with van der Waals surface area (Å²) in [6.45, 7) is 0.764. The molecule has 1 aromatic carbocycles. The van der Waals surface area contributed by atoms with E-state index in [0.717, 1.165) is 16.6 Å². The van der Waals surface area contributed by atoms with Gasteiger partial charge in [0.15, 0.2) is 0 Å². The van der Waals surface area contributed by atoms with Crippen LogP contribution < -0.4 is 4.90 Å². The molecule has 0 aliphatic heterocycles. The molecule has 0 aliphatic rings. The second-order valence-electron chi connectivity index (χ2n) is 4.01.